The summed E-state index contributed by atoms with van der Waals surface area (Å²) < 4.78 is 11.4. The van der Waals surface area contributed by atoms with Gasteiger partial charge in [-0.2, -0.15) is 0 Å². The predicted octanol–water partition coefficient (Wildman–Crippen LogP) is 7.81. The molecule has 40 heavy (non-hydrogen) atoms. The fraction of sp³-hybridized carbons (Fsp3) is 0.571. The molecule has 0 heterocycles. The van der Waals surface area contributed by atoms with Gasteiger partial charge < -0.3 is 9.47 Å². The van der Waals surface area contributed by atoms with E-state index in [4.69, 9.17) is 9.47 Å². The fourth-order valence-corrected chi connectivity index (χ4v) is 6.51. The number of carbonyl (C=O) groups is 3. The van der Waals surface area contributed by atoms with E-state index >= 15 is 0 Å². The molecule has 0 saturated heterocycles. The van der Waals surface area contributed by atoms with Gasteiger partial charge in [0, 0.05) is 24.9 Å². The summed E-state index contributed by atoms with van der Waals surface area (Å²) in [5.74, 6) is 0.449. The molecular weight excluding hydrogens is 500 g/mol. The van der Waals surface area contributed by atoms with E-state index in [2.05, 4.69) is 45.0 Å². The van der Waals surface area contributed by atoms with E-state index in [1.807, 2.05) is 32.0 Å². The van der Waals surface area contributed by atoms with Gasteiger partial charge in [0.1, 0.15) is 17.3 Å². The molecule has 2 atom stereocenters. The summed E-state index contributed by atoms with van der Waals surface area (Å²) in [6, 6.07) is 14.3. The first-order chi connectivity index (χ1) is 18.9. The van der Waals surface area contributed by atoms with Gasteiger partial charge in [-0.15, -0.1) is 0 Å². The summed E-state index contributed by atoms with van der Waals surface area (Å²) in [5, 5.41) is 0. The molecule has 0 radical (unpaired) electrons. The molecule has 5 nitrogen and oxygen atoms in total. The molecule has 218 valence electrons. The van der Waals surface area contributed by atoms with Crippen LogP contribution in [0.1, 0.15) is 113 Å². The number of hydrogen-bond donors (Lipinski definition) is 0. The molecule has 1 unspecified atom stereocenters. The molecule has 2 aromatic rings. The highest BCUT2D eigenvalue weighted by Gasteiger charge is 2.50. The van der Waals surface area contributed by atoms with Crippen LogP contribution < -0.4 is 4.74 Å². The minimum absolute atomic E-state index is 0.0143. The van der Waals surface area contributed by atoms with Crippen LogP contribution >= 0.6 is 0 Å². The second-order valence-electron chi connectivity index (χ2n) is 12.4. The highest BCUT2D eigenvalue weighted by Crippen LogP contribution is 2.48. The Kier molecular flexibility index (Phi) is 10.5. The lowest BCUT2D eigenvalue weighted by Gasteiger charge is -2.45. The number of ether oxygens (including phenoxy) is 2. The Morgan fingerprint density at radius 3 is 2.25 bits per heavy atom. The Hall–Kier alpha value is -2.79. The third kappa shape index (κ3) is 6.91. The van der Waals surface area contributed by atoms with Gasteiger partial charge in [0.25, 0.3) is 0 Å². The Morgan fingerprint density at radius 2 is 1.70 bits per heavy atom. The molecule has 1 aliphatic carbocycles. The Balaban J connectivity index is 1.91. The van der Waals surface area contributed by atoms with Crippen LogP contribution in [-0.2, 0) is 19.7 Å². The average Bonchev–Trinajstić information content (AvgIpc) is 2.89. The third-order valence-electron chi connectivity index (χ3n) is 9.33. The Labute approximate surface area is 241 Å². The van der Waals surface area contributed by atoms with Crippen molar-refractivity contribution in [2.45, 2.75) is 104 Å². The molecule has 0 bridgehead atoms. The summed E-state index contributed by atoms with van der Waals surface area (Å²) in [7, 11) is 1.67. The molecule has 3 rings (SSSR count). The summed E-state index contributed by atoms with van der Waals surface area (Å²) >= 11 is 0. The van der Waals surface area contributed by atoms with Gasteiger partial charge in [0.2, 0.25) is 0 Å². The van der Waals surface area contributed by atoms with E-state index < -0.39 is 5.41 Å². The van der Waals surface area contributed by atoms with Gasteiger partial charge >= 0.3 is 0 Å². The molecule has 1 fully saturated rings. The van der Waals surface area contributed by atoms with E-state index in [0.717, 1.165) is 30.4 Å². The number of methoxy groups -OCH3 is 1. The van der Waals surface area contributed by atoms with E-state index in [1.54, 1.807) is 21.0 Å². The maximum absolute atomic E-state index is 14.1. The van der Waals surface area contributed by atoms with Crippen LogP contribution in [0.15, 0.2) is 42.5 Å². The highest BCUT2D eigenvalue weighted by molar-refractivity contribution is 5.97. The van der Waals surface area contributed by atoms with Gasteiger partial charge in [0.15, 0.2) is 5.78 Å². The molecule has 0 amide bonds. The van der Waals surface area contributed by atoms with Gasteiger partial charge in [-0.05, 0) is 87.5 Å². The second-order valence-corrected chi connectivity index (χ2v) is 12.4. The maximum atomic E-state index is 14.1. The van der Waals surface area contributed by atoms with Crippen LogP contribution in [0, 0.1) is 18.3 Å². The quantitative estimate of drug-likeness (QED) is 0.212. The zero-order chi connectivity index (χ0) is 29.7. The van der Waals surface area contributed by atoms with Crippen molar-refractivity contribution in [3.8, 4) is 5.75 Å². The van der Waals surface area contributed by atoms with E-state index in [1.165, 1.54) is 5.56 Å². The monoisotopic (exact) mass is 548 g/mol. The Bertz CT molecular complexity index is 1190. The van der Waals surface area contributed by atoms with Crippen LogP contribution in [0.2, 0.25) is 0 Å². The number of rotatable bonds is 15. The molecule has 0 aliphatic heterocycles. The first kappa shape index (κ1) is 31.7. The lowest BCUT2D eigenvalue weighted by molar-refractivity contribution is -0.149. The number of hydrogen-bond acceptors (Lipinski definition) is 5. The van der Waals surface area contributed by atoms with Crippen LogP contribution in [0.3, 0.4) is 0 Å². The fourth-order valence-electron chi connectivity index (χ4n) is 6.51. The SMILES string of the molecule is CCOc1c(C(C)=O)ccc([C@@H](C)C(CCCC(C)(C)c2ccccc2)C(=O)CC2(C(C)=O)CC(OC)C2)c1C. The van der Waals surface area contributed by atoms with Crippen molar-refractivity contribution in [1.29, 1.82) is 0 Å². The minimum Gasteiger partial charge on any atom is -0.493 e. The summed E-state index contributed by atoms with van der Waals surface area (Å²) in [6.07, 6.45) is 4.07. The topological polar surface area (TPSA) is 69.7 Å². The van der Waals surface area contributed by atoms with E-state index in [0.29, 0.717) is 30.8 Å². The Morgan fingerprint density at radius 1 is 1.05 bits per heavy atom. The van der Waals surface area contributed by atoms with Gasteiger partial charge in [0.05, 0.1) is 18.3 Å². The summed E-state index contributed by atoms with van der Waals surface area (Å²) in [5.41, 5.74) is 3.16. The molecule has 5 heteroatoms. The highest BCUT2D eigenvalue weighted by atomic mass is 16.5. The lowest BCUT2D eigenvalue weighted by atomic mass is 9.60. The molecule has 2 aromatic carbocycles. The molecule has 0 aromatic heterocycles. The van der Waals surface area contributed by atoms with Gasteiger partial charge in [-0.25, -0.2) is 0 Å². The summed E-state index contributed by atoms with van der Waals surface area (Å²) in [4.78, 5) is 39.1. The first-order valence-electron chi connectivity index (χ1n) is 14.8. The number of carbonyl (C=O) groups excluding carboxylic acids is 3. The first-order valence-corrected chi connectivity index (χ1v) is 14.8. The molecular formula is C35H48O5. The average molecular weight is 549 g/mol. The van der Waals surface area contributed by atoms with Crippen molar-refractivity contribution in [2.24, 2.45) is 11.3 Å². The maximum Gasteiger partial charge on any atom is 0.163 e. The van der Waals surface area contributed by atoms with Crippen molar-refractivity contribution in [2.75, 3.05) is 13.7 Å². The van der Waals surface area contributed by atoms with E-state index in [-0.39, 0.29) is 47.1 Å². The standard InChI is InChI=1S/C35H48O5/c1-9-40-33-24(3)29(17-18-31(33)25(4)36)23(2)30(16-13-19-34(6,7)27-14-11-10-12-15-27)32(38)22-35(26(5)37)20-28(21-35)39-8/h10-12,14-15,17-18,23,28,30H,9,13,16,19-22H2,1-8H3/t23-,28?,30?,35?/m1/s1. The second kappa shape index (κ2) is 13.2. The van der Waals surface area contributed by atoms with Crippen LogP contribution in [0.5, 0.6) is 5.75 Å². The number of benzene rings is 2. The van der Waals surface area contributed by atoms with Crippen LogP contribution in [0.25, 0.3) is 0 Å². The summed E-state index contributed by atoms with van der Waals surface area (Å²) in [6.45, 7) is 14.1. The van der Waals surface area contributed by atoms with Crippen LogP contribution in [-0.4, -0.2) is 37.2 Å². The van der Waals surface area contributed by atoms with Crippen molar-refractivity contribution in [3.63, 3.8) is 0 Å². The van der Waals surface area contributed by atoms with Crippen molar-refractivity contribution < 1.29 is 23.9 Å². The largest absolute Gasteiger partial charge is 0.493 e. The predicted molar refractivity (Wildman–Crippen MR) is 160 cm³/mol. The van der Waals surface area contributed by atoms with Crippen molar-refractivity contribution in [3.05, 3.63) is 64.7 Å². The van der Waals surface area contributed by atoms with Gasteiger partial charge in [-0.1, -0.05) is 63.6 Å². The molecule has 1 aliphatic rings. The van der Waals surface area contributed by atoms with Crippen molar-refractivity contribution >= 4 is 17.3 Å². The van der Waals surface area contributed by atoms with Crippen molar-refractivity contribution in [1.82, 2.24) is 0 Å². The van der Waals surface area contributed by atoms with Crippen LogP contribution in [0.4, 0.5) is 0 Å². The zero-order valence-corrected chi connectivity index (χ0v) is 25.8. The third-order valence-corrected chi connectivity index (χ3v) is 9.33. The minimum atomic E-state index is -0.622. The number of Topliss-reactive ketones (excluding diaryl/α,β-unsaturated/α-hetero) is 3. The molecule has 0 spiro atoms. The molecule has 1 saturated carbocycles. The normalized spacial score (nSPS) is 20.4. The van der Waals surface area contributed by atoms with E-state index in [9.17, 15) is 14.4 Å². The zero-order valence-electron chi connectivity index (χ0n) is 25.8. The number of ketones is 3. The molecule has 0 N–H and O–H groups in total. The van der Waals surface area contributed by atoms with Gasteiger partial charge in [-0.3, -0.25) is 14.4 Å². The lowest BCUT2D eigenvalue weighted by Crippen LogP contribution is -2.48. The smallest absolute Gasteiger partial charge is 0.163 e.